The summed E-state index contributed by atoms with van der Waals surface area (Å²) in [6.07, 6.45) is 2.74. The second-order valence-corrected chi connectivity index (χ2v) is 10.7. The molecule has 11 nitrogen and oxygen atoms in total. The molecule has 1 saturated heterocycles. The highest BCUT2D eigenvalue weighted by atomic mass is 32.2. The van der Waals surface area contributed by atoms with E-state index in [1.807, 2.05) is 0 Å². The molecule has 1 aliphatic heterocycles. The first kappa shape index (κ1) is 23.4. The number of rotatable bonds is 6. The van der Waals surface area contributed by atoms with Gasteiger partial charge in [-0.15, -0.1) is 11.3 Å². The SMILES string of the molecule is Cc1sc2ncn(CCN3CCN(C)CC3)c(=O)c2c1C(=O)Nc1ccc(S(N)(=O)=O)nc1. The molecule has 33 heavy (non-hydrogen) atoms. The second kappa shape index (κ2) is 9.27. The van der Waals surface area contributed by atoms with Crippen LogP contribution in [-0.4, -0.2) is 78.4 Å². The lowest BCUT2D eigenvalue weighted by molar-refractivity contribution is 0.102. The molecule has 13 heteroatoms. The molecule has 0 radical (unpaired) electrons. The van der Waals surface area contributed by atoms with Crippen LogP contribution in [0.5, 0.6) is 0 Å². The zero-order valence-electron chi connectivity index (χ0n) is 18.3. The normalized spacial score (nSPS) is 15.7. The zero-order chi connectivity index (χ0) is 23.8. The molecule has 0 unspecified atom stereocenters. The molecule has 0 atom stereocenters. The van der Waals surface area contributed by atoms with Crippen LogP contribution in [0, 0.1) is 6.92 Å². The molecule has 176 valence electrons. The molecule has 3 N–H and O–H groups in total. The Labute approximate surface area is 194 Å². The zero-order valence-corrected chi connectivity index (χ0v) is 19.9. The summed E-state index contributed by atoms with van der Waals surface area (Å²) in [7, 11) is -1.84. The number of nitrogens with one attached hydrogen (secondary N) is 1. The summed E-state index contributed by atoms with van der Waals surface area (Å²) < 4.78 is 24.3. The Morgan fingerprint density at radius 3 is 2.55 bits per heavy atom. The van der Waals surface area contributed by atoms with E-state index in [0.29, 0.717) is 16.3 Å². The smallest absolute Gasteiger partial charge is 0.262 e. The lowest BCUT2D eigenvalue weighted by Gasteiger charge is -2.32. The van der Waals surface area contributed by atoms with E-state index in [2.05, 4.69) is 32.1 Å². The van der Waals surface area contributed by atoms with Crippen LogP contribution in [0.1, 0.15) is 15.2 Å². The second-order valence-electron chi connectivity index (χ2n) is 7.99. The Morgan fingerprint density at radius 2 is 1.91 bits per heavy atom. The third kappa shape index (κ3) is 5.12. The van der Waals surface area contributed by atoms with Crippen molar-refractivity contribution in [3.8, 4) is 0 Å². The number of carbonyl (C=O) groups excluding carboxylic acids is 1. The molecule has 3 aromatic rings. The van der Waals surface area contributed by atoms with Crippen molar-refractivity contribution in [3.05, 3.63) is 45.5 Å². The topological polar surface area (TPSA) is 144 Å². The summed E-state index contributed by atoms with van der Waals surface area (Å²) in [5.41, 5.74) is 0.286. The van der Waals surface area contributed by atoms with Crippen LogP contribution in [-0.2, 0) is 16.6 Å². The van der Waals surface area contributed by atoms with Crippen LogP contribution in [0.15, 0.2) is 34.5 Å². The van der Waals surface area contributed by atoms with Crippen molar-refractivity contribution >= 4 is 43.2 Å². The largest absolute Gasteiger partial charge is 0.321 e. The number of fused-ring (bicyclic) bond motifs is 1. The highest BCUT2D eigenvalue weighted by Crippen LogP contribution is 2.27. The summed E-state index contributed by atoms with van der Waals surface area (Å²) in [4.78, 5) is 40.2. The number of pyridine rings is 1. The van der Waals surface area contributed by atoms with E-state index in [4.69, 9.17) is 5.14 Å². The van der Waals surface area contributed by atoms with Crippen molar-refractivity contribution in [1.29, 1.82) is 0 Å². The molecule has 0 aliphatic carbocycles. The number of amides is 1. The van der Waals surface area contributed by atoms with Crippen LogP contribution in [0.3, 0.4) is 0 Å². The van der Waals surface area contributed by atoms with Crippen molar-refractivity contribution < 1.29 is 13.2 Å². The highest BCUT2D eigenvalue weighted by molar-refractivity contribution is 7.89. The van der Waals surface area contributed by atoms with Crippen LogP contribution in [0.2, 0.25) is 0 Å². The summed E-state index contributed by atoms with van der Waals surface area (Å²) in [6, 6.07) is 2.59. The lowest BCUT2D eigenvalue weighted by Crippen LogP contribution is -2.45. The average molecular weight is 492 g/mol. The maximum atomic E-state index is 13.2. The lowest BCUT2D eigenvalue weighted by atomic mass is 10.1. The summed E-state index contributed by atoms with van der Waals surface area (Å²) >= 11 is 1.28. The molecule has 3 aromatic heterocycles. The molecule has 0 bridgehead atoms. The van der Waals surface area contributed by atoms with E-state index in [9.17, 15) is 18.0 Å². The van der Waals surface area contributed by atoms with Crippen molar-refractivity contribution in [2.45, 2.75) is 18.5 Å². The minimum atomic E-state index is -3.93. The average Bonchev–Trinajstić information content (AvgIpc) is 3.11. The first-order chi connectivity index (χ1) is 15.6. The number of nitrogens with zero attached hydrogens (tertiary/aromatic N) is 5. The number of thiophene rings is 1. The van der Waals surface area contributed by atoms with Crippen molar-refractivity contribution in [1.82, 2.24) is 24.3 Å². The Balaban J connectivity index is 1.57. The highest BCUT2D eigenvalue weighted by Gasteiger charge is 2.22. The van der Waals surface area contributed by atoms with Gasteiger partial charge in [-0.05, 0) is 26.1 Å². The third-order valence-corrected chi connectivity index (χ3v) is 7.46. The predicted octanol–water partition coefficient (Wildman–Crippen LogP) is 0.309. The summed E-state index contributed by atoms with van der Waals surface area (Å²) in [6.45, 7) is 6.86. The molecular weight excluding hydrogens is 466 g/mol. The van der Waals surface area contributed by atoms with Gasteiger partial charge >= 0.3 is 0 Å². The fraction of sp³-hybridized carbons (Fsp3) is 0.400. The summed E-state index contributed by atoms with van der Waals surface area (Å²) in [5, 5.41) is 7.70. The van der Waals surface area contributed by atoms with Crippen LogP contribution in [0.4, 0.5) is 5.69 Å². The van der Waals surface area contributed by atoms with E-state index < -0.39 is 15.9 Å². The van der Waals surface area contributed by atoms with Gasteiger partial charge < -0.3 is 10.2 Å². The summed E-state index contributed by atoms with van der Waals surface area (Å²) in [5.74, 6) is -0.486. The quantitative estimate of drug-likeness (QED) is 0.501. The number of anilines is 1. The van der Waals surface area contributed by atoms with Gasteiger partial charge in [-0.3, -0.25) is 19.1 Å². The van der Waals surface area contributed by atoms with Gasteiger partial charge in [-0.25, -0.2) is 23.5 Å². The van der Waals surface area contributed by atoms with E-state index in [-0.39, 0.29) is 27.2 Å². The molecular formula is C20H25N7O4S2. The number of aromatic nitrogens is 3. The van der Waals surface area contributed by atoms with E-state index in [1.54, 1.807) is 11.5 Å². The van der Waals surface area contributed by atoms with Crippen molar-refractivity contribution in [2.24, 2.45) is 5.14 Å². The molecule has 1 fully saturated rings. The van der Waals surface area contributed by atoms with Gasteiger partial charge in [-0.1, -0.05) is 0 Å². The van der Waals surface area contributed by atoms with Crippen LogP contribution < -0.4 is 16.0 Å². The third-order valence-electron chi connectivity index (χ3n) is 5.62. The Bertz CT molecular complexity index is 1340. The number of hydrogen-bond acceptors (Lipinski definition) is 9. The van der Waals surface area contributed by atoms with Gasteiger partial charge in [0.2, 0.25) is 0 Å². The maximum absolute atomic E-state index is 13.2. The standard InChI is InChI=1S/C20H25N7O4S2/c1-13-16(18(28)24-14-3-4-15(22-11-14)33(21,30)31)17-19(32-13)23-12-27(20(17)29)10-9-26-7-5-25(2)6-8-26/h3-4,11-12H,5-10H2,1-2H3,(H,24,28)(H2,21,30,31). The van der Waals surface area contributed by atoms with Gasteiger partial charge in [-0.2, -0.15) is 0 Å². The van der Waals surface area contributed by atoms with Crippen LogP contribution >= 0.6 is 11.3 Å². The predicted molar refractivity (Wildman–Crippen MR) is 126 cm³/mol. The Morgan fingerprint density at radius 1 is 1.18 bits per heavy atom. The molecule has 4 rings (SSSR count). The fourth-order valence-corrected chi connectivity index (χ4v) is 5.14. The van der Waals surface area contributed by atoms with E-state index >= 15 is 0 Å². The van der Waals surface area contributed by atoms with Gasteiger partial charge in [0.05, 0.1) is 29.2 Å². The number of primary sulfonamides is 1. The molecule has 0 aromatic carbocycles. The van der Waals surface area contributed by atoms with E-state index in [0.717, 1.165) is 32.7 Å². The number of carbonyl (C=O) groups is 1. The first-order valence-electron chi connectivity index (χ1n) is 10.3. The number of aryl methyl sites for hydroxylation is 1. The fourth-order valence-electron chi connectivity index (χ4n) is 3.71. The molecule has 0 saturated carbocycles. The van der Waals surface area contributed by atoms with Gasteiger partial charge in [0.1, 0.15) is 4.83 Å². The van der Waals surface area contributed by atoms with Gasteiger partial charge in [0, 0.05) is 44.1 Å². The molecule has 1 amide bonds. The molecule has 0 spiro atoms. The minimum absolute atomic E-state index is 0.258. The number of nitrogens with two attached hydrogens (primary N) is 1. The monoisotopic (exact) mass is 491 g/mol. The number of likely N-dealkylation sites (N-methyl/N-ethyl adjacent to an activating group) is 1. The van der Waals surface area contributed by atoms with E-state index in [1.165, 1.54) is 36.0 Å². The first-order valence-corrected chi connectivity index (χ1v) is 12.7. The van der Waals surface area contributed by atoms with Crippen molar-refractivity contribution in [3.63, 3.8) is 0 Å². The van der Waals surface area contributed by atoms with Gasteiger partial charge in [0.15, 0.2) is 5.03 Å². The molecule has 1 aliphatic rings. The van der Waals surface area contributed by atoms with Gasteiger partial charge in [0.25, 0.3) is 21.5 Å². The van der Waals surface area contributed by atoms with Crippen LogP contribution in [0.25, 0.3) is 10.2 Å². The Kier molecular flexibility index (Phi) is 6.59. The maximum Gasteiger partial charge on any atom is 0.262 e. The Hall–Kier alpha value is -2.71. The van der Waals surface area contributed by atoms with Crippen molar-refractivity contribution in [2.75, 3.05) is 45.1 Å². The minimum Gasteiger partial charge on any atom is -0.321 e. The number of piperazine rings is 1. The molecule has 4 heterocycles. The number of hydrogen-bond donors (Lipinski definition) is 2. The number of sulfonamides is 1.